The average Bonchev–Trinajstić information content (AvgIpc) is 2.54. The highest BCUT2D eigenvalue weighted by Crippen LogP contribution is 2.35. The van der Waals surface area contributed by atoms with Crippen molar-refractivity contribution < 1.29 is 5.11 Å². The van der Waals surface area contributed by atoms with Crippen LogP contribution in [0.15, 0.2) is 6.20 Å². The highest BCUT2D eigenvalue weighted by atomic mass is 16.3. The van der Waals surface area contributed by atoms with Gasteiger partial charge in [-0.15, -0.1) is 0 Å². The molecule has 2 rings (SSSR count). The molecule has 0 saturated heterocycles. The van der Waals surface area contributed by atoms with Crippen molar-refractivity contribution in [3.63, 3.8) is 0 Å². The average molecular weight is 192 g/mol. The summed E-state index contributed by atoms with van der Waals surface area (Å²) >= 11 is 0. The van der Waals surface area contributed by atoms with Crippen molar-refractivity contribution >= 4 is 16.6 Å². The van der Waals surface area contributed by atoms with Crippen LogP contribution < -0.4 is 11.6 Å². The molecule has 0 fully saturated rings. The van der Waals surface area contributed by atoms with Crippen LogP contribution in [0.1, 0.15) is 11.1 Å². The molecular formula is C9H12N4O. The van der Waals surface area contributed by atoms with Crippen molar-refractivity contribution in [1.82, 2.24) is 9.89 Å². The molecule has 14 heavy (non-hydrogen) atoms. The number of aromatic nitrogens is 2. The maximum Gasteiger partial charge on any atom is 0.146 e. The number of rotatable bonds is 0. The molecule has 5 N–H and O–H groups in total. The molecular weight excluding hydrogens is 180 g/mol. The molecule has 0 spiro atoms. The van der Waals surface area contributed by atoms with Crippen molar-refractivity contribution in [2.75, 3.05) is 11.6 Å². The van der Waals surface area contributed by atoms with Crippen LogP contribution in [-0.2, 0) is 0 Å². The van der Waals surface area contributed by atoms with Gasteiger partial charge in [0, 0.05) is 11.1 Å². The summed E-state index contributed by atoms with van der Waals surface area (Å²) in [5.41, 5.74) is 8.58. The molecule has 0 radical (unpaired) electrons. The molecule has 0 atom stereocenters. The molecule has 0 aliphatic rings. The predicted octanol–water partition coefficient (Wildman–Crippen LogP) is 0.655. The topological polar surface area (TPSA) is 90.1 Å². The summed E-state index contributed by atoms with van der Waals surface area (Å²) in [6, 6.07) is 0. The zero-order chi connectivity index (χ0) is 10.5. The fourth-order valence-electron chi connectivity index (χ4n) is 1.55. The summed E-state index contributed by atoms with van der Waals surface area (Å²) in [4.78, 5) is 1.13. The van der Waals surface area contributed by atoms with Gasteiger partial charge < -0.3 is 16.7 Å². The highest BCUT2D eigenvalue weighted by molar-refractivity contribution is 5.97. The van der Waals surface area contributed by atoms with Gasteiger partial charge in [0.25, 0.3) is 0 Å². The van der Waals surface area contributed by atoms with Gasteiger partial charge >= 0.3 is 0 Å². The second kappa shape index (κ2) is 2.54. The van der Waals surface area contributed by atoms with Crippen molar-refractivity contribution in [1.29, 1.82) is 0 Å². The third-order valence-corrected chi connectivity index (χ3v) is 2.63. The number of hydrogen-bond donors (Lipinski definition) is 3. The molecule has 0 aliphatic heterocycles. The van der Waals surface area contributed by atoms with Crippen LogP contribution in [0.25, 0.3) is 10.9 Å². The monoisotopic (exact) mass is 192 g/mol. The van der Waals surface area contributed by atoms with Crippen LogP contribution in [0, 0.1) is 13.8 Å². The molecule has 74 valence electrons. The van der Waals surface area contributed by atoms with E-state index in [1.165, 1.54) is 0 Å². The van der Waals surface area contributed by atoms with Gasteiger partial charge in [0.15, 0.2) is 0 Å². The van der Waals surface area contributed by atoms with Gasteiger partial charge in [0.05, 0.1) is 6.20 Å². The maximum absolute atomic E-state index is 9.84. The van der Waals surface area contributed by atoms with E-state index in [0.29, 0.717) is 16.6 Å². The number of hydrogen-bond acceptors (Lipinski definition) is 4. The maximum atomic E-state index is 9.84. The lowest BCUT2D eigenvalue weighted by Crippen LogP contribution is -2.09. The van der Waals surface area contributed by atoms with E-state index in [9.17, 15) is 5.11 Å². The number of fused-ring (bicyclic) bond motifs is 1. The number of benzene rings is 1. The summed E-state index contributed by atoms with van der Waals surface area (Å²) in [6.07, 6.45) is 1.55. The second-order valence-corrected chi connectivity index (χ2v) is 3.36. The van der Waals surface area contributed by atoms with Crippen LogP contribution in [0.3, 0.4) is 0 Å². The normalized spacial score (nSPS) is 11.0. The zero-order valence-electron chi connectivity index (χ0n) is 8.07. The van der Waals surface area contributed by atoms with Crippen LogP contribution in [0.5, 0.6) is 5.75 Å². The molecule has 1 heterocycles. The molecule has 1 aromatic carbocycles. The van der Waals surface area contributed by atoms with Crippen LogP contribution in [-0.4, -0.2) is 15.0 Å². The molecule has 0 amide bonds. The number of phenolic OH excluding ortho intramolecular Hbond substituents is 1. The summed E-state index contributed by atoms with van der Waals surface area (Å²) in [5.74, 6) is 5.70. The van der Waals surface area contributed by atoms with E-state index >= 15 is 0 Å². The number of nitrogens with two attached hydrogens (primary N) is 2. The van der Waals surface area contributed by atoms with E-state index in [2.05, 4.69) is 5.10 Å². The molecule has 2 aromatic rings. The van der Waals surface area contributed by atoms with Gasteiger partial charge in [-0.2, -0.15) is 9.89 Å². The molecule has 5 nitrogen and oxygen atoms in total. The van der Waals surface area contributed by atoms with E-state index in [-0.39, 0.29) is 5.75 Å². The minimum Gasteiger partial charge on any atom is -0.505 e. The van der Waals surface area contributed by atoms with Crippen LogP contribution in [0.2, 0.25) is 0 Å². The van der Waals surface area contributed by atoms with Crippen molar-refractivity contribution in [3.8, 4) is 5.75 Å². The number of nitrogens with zero attached hydrogens (tertiary/aromatic N) is 2. The van der Waals surface area contributed by atoms with Gasteiger partial charge in [-0.25, -0.2) is 0 Å². The van der Waals surface area contributed by atoms with Crippen LogP contribution >= 0.6 is 0 Å². The molecule has 0 aliphatic carbocycles. The number of phenols is 1. The Kier molecular flexibility index (Phi) is 1.57. The van der Waals surface area contributed by atoms with Crippen molar-refractivity contribution in [3.05, 3.63) is 17.3 Å². The Hall–Kier alpha value is -1.91. The van der Waals surface area contributed by atoms with Crippen molar-refractivity contribution in [2.24, 2.45) is 0 Å². The van der Waals surface area contributed by atoms with Crippen LogP contribution in [0.4, 0.5) is 5.69 Å². The SMILES string of the molecule is Cc1c(C)c(O)c2c(cnn2N)c1N. The lowest BCUT2D eigenvalue weighted by molar-refractivity contribution is 0.474. The van der Waals surface area contributed by atoms with E-state index in [4.69, 9.17) is 11.6 Å². The fourth-order valence-corrected chi connectivity index (χ4v) is 1.55. The molecule has 0 bridgehead atoms. The minimum absolute atomic E-state index is 0.145. The number of anilines is 1. The Bertz CT molecular complexity index is 515. The fraction of sp³-hybridized carbons (Fsp3) is 0.222. The van der Waals surface area contributed by atoms with E-state index < -0.39 is 0 Å². The zero-order valence-corrected chi connectivity index (χ0v) is 8.07. The van der Waals surface area contributed by atoms with E-state index in [1.807, 2.05) is 6.92 Å². The smallest absolute Gasteiger partial charge is 0.146 e. The molecule has 1 aromatic heterocycles. The van der Waals surface area contributed by atoms with Gasteiger partial charge in [-0.1, -0.05) is 0 Å². The molecule has 0 saturated carbocycles. The first kappa shape index (κ1) is 8.68. The number of aromatic hydroxyl groups is 1. The Morgan fingerprint density at radius 1 is 1.36 bits per heavy atom. The Morgan fingerprint density at radius 2 is 2.00 bits per heavy atom. The van der Waals surface area contributed by atoms with Crippen molar-refractivity contribution in [2.45, 2.75) is 13.8 Å². The second-order valence-electron chi connectivity index (χ2n) is 3.36. The lowest BCUT2D eigenvalue weighted by atomic mass is 10.0. The minimum atomic E-state index is 0.145. The molecule has 5 heteroatoms. The Morgan fingerprint density at radius 3 is 2.64 bits per heavy atom. The third-order valence-electron chi connectivity index (χ3n) is 2.63. The standard InChI is InChI=1S/C9H12N4O/c1-4-5(2)9(14)8-6(7(4)10)3-12-13(8)11/h3,14H,10-11H2,1-2H3. The lowest BCUT2D eigenvalue weighted by Gasteiger charge is -2.09. The molecule has 0 unspecified atom stereocenters. The largest absolute Gasteiger partial charge is 0.505 e. The first-order valence-electron chi connectivity index (χ1n) is 4.24. The Balaban J connectivity index is 3.05. The van der Waals surface area contributed by atoms with E-state index in [1.54, 1.807) is 13.1 Å². The summed E-state index contributed by atoms with van der Waals surface area (Å²) < 4.78 is 0. The number of nitrogen functional groups attached to an aromatic ring is 2. The van der Waals surface area contributed by atoms with E-state index in [0.717, 1.165) is 15.9 Å². The predicted molar refractivity (Wildman–Crippen MR) is 55.4 cm³/mol. The van der Waals surface area contributed by atoms with Gasteiger partial charge in [0.1, 0.15) is 11.3 Å². The van der Waals surface area contributed by atoms with Gasteiger partial charge in [-0.05, 0) is 25.0 Å². The van der Waals surface area contributed by atoms with Gasteiger partial charge in [-0.3, -0.25) is 0 Å². The third kappa shape index (κ3) is 0.863. The quantitative estimate of drug-likeness (QED) is 0.325. The summed E-state index contributed by atoms with van der Waals surface area (Å²) in [6.45, 7) is 3.66. The highest BCUT2D eigenvalue weighted by Gasteiger charge is 2.15. The van der Waals surface area contributed by atoms with Gasteiger partial charge in [0.2, 0.25) is 0 Å². The summed E-state index contributed by atoms with van der Waals surface area (Å²) in [7, 11) is 0. The Labute approximate surface area is 80.9 Å². The first-order valence-corrected chi connectivity index (χ1v) is 4.24. The first-order chi connectivity index (χ1) is 6.54. The summed E-state index contributed by atoms with van der Waals surface area (Å²) in [5, 5.41) is 14.4.